The van der Waals surface area contributed by atoms with E-state index in [2.05, 4.69) is 22.0 Å². The Morgan fingerprint density at radius 3 is 2.47 bits per heavy atom. The summed E-state index contributed by atoms with van der Waals surface area (Å²) in [5.41, 5.74) is 0. The van der Waals surface area contributed by atoms with Crippen LogP contribution >= 0.6 is 0 Å². The summed E-state index contributed by atoms with van der Waals surface area (Å²) in [4.78, 5) is 23.7. The predicted molar refractivity (Wildman–Crippen MR) is 118 cm³/mol. The lowest BCUT2D eigenvalue weighted by molar-refractivity contribution is -0.136. The molecule has 0 aromatic heterocycles. The maximum atomic E-state index is 12.5. The van der Waals surface area contributed by atoms with Crippen molar-refractivity contribution in [2.24, 2.45) is 4.99 Å². The Balaban J connectivity index is 1.46. The van der Waals surface area contributed by atoms with Crippen LogP contribution in [0.1, 0.15) is 13.8 Å². The number of benzene rings is 1. The van der Waals surface area contributed by atoms with Gasteiger partial charge in [-0.25, -0.2) is 4.99 Å². The van der Waals surface area contributed by atoms with Crippen LogP contribution in [0.4, 0.5) is 0 Å². The van der Waals surface area contributed by atoms with Crippen LogP contribution in [0.25, 0.3) is 0 Å². The molecule has 1 N–H and O–H groups in total. The quantitative estimate of drug-likeness (QED) is 0.525. The van der Waals surface area contributed by atoms with Gasteiger partial charge in [-0.2, -0.15) is 0 Å². The van der Waals surface area contributed by atoms with Crippen molar-refractivity contribution in [1.29, 1.82) is 0 Å². The lowest BCUT2D eigenvalue weighted by atomic mass is 10.3. The van der Waals surface area contributed by atoms with E-state index in [9.17, 15) is 4.79 Å². The first kappa shape index (κ1) is 22.4. The molecule has 2 aliphatic rings. The van der Waals surface area contributed by atoms with Crippen LogP contribution in [0, 0.1) is 0 Å². The van der Waals surface area contributed by atoms with Gasteiger partial charge in [-0.3, -0.25) is 9.69 Å². The Morgan fingerprint density at radius 1 is 1.10 bits per heavy atom. The lowest BCUT2D eigenvalue weighted by Gasteiger charge is -2.37. The Kier molecular flexibility index (Phi) is 8.77. The summed E-state index contributed by atoms with van der Waals surface area (Å²) >= 11 is 0. The van der Waals surface area contributed by atoms with Crippen molar-refractivity contribution in [3.63, 3.8) is 0 Å². The topological polar surface area (TPSA) is 69.6 Å². The van der Waals surface area contributed by atoms with E-state index in [4.69, 9.17) is 14.5 Å². The van der Waals surface area contributed by atoms with E-state index in [1.54, 1.807) is 0 Å². The zero-order chi connectivity index (χ0) is 21.2. The number of para-hydroxylation sites is 1. The molecule has 1 aromatic rings. The zero-order valence-electron chi connectivity index (χ0n) is 18.3. The van der Waals surface area contributed by atoms with Crippen molar-refractivity contribution in [1.82, 2.24) is 20.0 Å². The standard InChI is InChI=1S/C22H35N5O3/c1-3-23-22(24-17-19(2)30-20-7-5-4-6-8-20)27-11-9-25(10-12-27)18-21(28)26-13-15-29-16-14-26/h4-8,19H,3,9-18H2,1-2H3,(H,23,24). The highest BCUT2D eigenvalue weighted by atomic mass is 16.5. The van der Waals surface area contributed by atoms with E-state index in [0.717, 1.165) is 44.4 Å². The number of carbonyl (C=O) groups excluding carboxylic acids is 1. The summed E-state index contributed by atoms with van der Waals surface area (Å²) < 4.78 is 11.3. The molecule has 1 aromatic carbocycles. The van der Waals surface area contributed by atoms with Crippen LogP contribution in [0.5, 0.6) is 5.75 Å². The van der Waals surface area contributed by atoms with Gasteiger partial charge in [0, 0.05) is 45.8 Å². The molecule has 0 saturated carbocycles. The summed E-state index contributed by atoms with van der Waals surface area (Å²) in [6, 6.07) is 9.84. The Hall–Kier alpha value is -2.32. The van der Waals surface area contributed by atoms with Crippen molar-refractivity contribution in [3.05, 3.63) is 30.3 Å². The van der Waals surface area contributed by atoms with Crippen molar-refractivity contribution >= 4 is 11.9 Å². The van der Waals surface area contributed by atoms with E-state index < -0.39 is 0 Å². The normalized spacial score (nSPS) is 19.5. The number of aliphatic imine (C=N–C) groups is 1. The van der Waals surface area contributed by atoms with Gasteiger partial charge in [0.25, 0.3) is 0 Å². The number of hydrogen-bond donors (Lipinski definition) is 1. The molecule has 1 unspecified atom stereocenters. The van der Waals surface area contributed by atoms with Crippen molar-refractivity contribution in [2.75, 3.05) is 72.1 Å². The highest BCUT2D eigenvalue weighted by Gasteiger charge is 2.24. The van der Waals surface area contributed by atoms with Gasteiger partial charge in [-0.1, -0.05) is 18.2 Å². The number of piperazine rings is 1. The fraction of sp³-hybridized carbons (Fsp3) is 0.636. The summed E-state index contributed by atoms with van der Waals surface area (Å²) in [5, 5.41) is 3.39. The molecule has 1 atom stereocenters. The number of morpholine rings is 1. The molecule has 8 heteroatoms. The highest BCUT2D eigenvalue weighted by molar-refractivity contribution is 5.80. The molecule has 3 rings (SSSR count). The number of ether oxygens (including phenoxy) is 2. The summed E-state index contributed by atoms with van der Waals surface area (Å²) in [6.07, 6.45) is -0.00603. The van der Waals surface area contributed by atoms with Crippen LogP contribution in [-0.4, -0.2) is 105 Å². The number of carbonyl (C=O) groups is 1. The van der Waals surface area contributed by atoms with Crippen molar-refractivity contribution < 1.29 is 14.3 Å². The van der Waals surface area contributed by atoms with Gasteiger partial charge in [-0.05, 0) is 26.0 Å². The van der Waals surface area contributed by atoms with Gasteiger partial charge in [0.1, 0.15) is 11.9 Å². The fourth-order valence-corrected chi connectivity index (χ4v) is 3.63. The Morgan fingerprint density at radius 2 is 1.80 bits per heavy atom. The highest BCUT2D eigenvalue weighted by Crippen LogP contribution is 2.11. The SMILES string of the molecule is CCNC(=NCC(C)Oc1ccccc1)N1CCN(CC(=O)N2CCOCC2)CC1. The van der Waals surface area contributed by atoms with Gasteiger partial charge < -0.3 is 24.6 Å². The molecule has 2 heterocycles. The van der Waals surface area contributed by atoms with E-state index in [-0.39, 0.29) is 12.0 Å². The van der Waals surface area contributed by atoms with Crippen LogP contribution in [0.15, 0.2) is 35.3 Å². The number of guanidine groups is 1. The summed E-state index contributed by atoms with van der Waals surface area (Å²) in [5.74, 6) is 1.99. The molecule has 0 radical (unpaired) electrons. The number of nitrogens with zero attached hydrogens (tertiary/aromatic N) is 4. The predicted octanol–water partition coefficient (Wildman–Crippen LogP) is 0.896. The average molecular weight is 418 g/mol. The minimum Gasteiger partial charge on any atom is -0.489 e. The largest absolute Gasteiger partial charge is 0.489 e. The molecule has 166 valence electrons. The fourth-order valence-electron chi connectivity index (χ4n) is 3.63. The van der Waals surface area contributed by atoms with Crippen molar-refractivity contribution in [3.8, 4) is 5.75 Å². The average Bonchev–Trinajstić information content (AvgIpc) is 2.78. The molecular weight excluding hydrogens is 382 g/mol. The monoisotopic (exact) mass is 417 g/mol. The molecule has 0 aliphatic carbocycles. The van der Waals surface area contributed by atoms with Gasteiger partial charge >= 0.3 is 0 Å². The van der Waals surface area contributed by atoms with Crippen LogP contribution < -0.4 is 10.1 Å². The number of amides is 1. The van der Waals surface area contributed by atoms with E-state index in [0.29, 0.717) is 39.4 Å². The van der Waals surface area contributed by atoms with Crippen LogP contribution in [0.3, 0.4) is 0 Å². The van der Waals surface area contributed by atoms with Crippen LogP contribution in [-0.2, 0) is 9.53 Å². The third-order valence-corrected chi connectivity index (χ3v) is 5.31. The third kappa shape index (κ3) is 6.88. The molecule has 2 aliphatic heterocycles. The van der Waals surface area contributed by atoms with E-state index >= 15 is 0 Å². The molecule has 8 nitrogen and oxygen atoms in total. The second-order valence-electron chi connectivity index (χ2n) is 7.69. The van der Waals surface area contributed by atoms with Crippen molar-refractivity contribution in [2.45, 2.75) is 20.0 Å². The maximum Gasteiger partial charge on any atom is 0.236 e. The first-order chi connectivity index (χ1) is 14.7. The smallest absolute Gasteiger partial charge is 0.236 e. The Labute approximate surface area is 179 Å². The molecule has 30 heavy (non-hydrogen) atoms. The molecule has 2 fully saturated rings. The van der Waals surface area contributed by atoms with Gasteiger partial charge in [0.05, 0.1) is 26.3 Å². The van der Waals surface area contributed by atoms with Gasteiger partial charge in [-0.15, -0.1) is 0 Å². The number of nitrogens with one attached hydrogen (secondary N) is 1. The third-order valence-electron chi connectivity index (χ3n) is 5.31. The maximum absolute atomic E-state index is 12.5. The second kappa shape index (κ2) is 11.8. The number of hydrogen-bond acceptors (Lipinski definition) is 5. The zero-order valence-corrected chi connectivity index (χ0v) is 18.3. The van der Waals surface area contributed by atoms with Crippen LogP contribution in [0.2, 0.25) is 0 Å². The minimum atomic E-state index is -0.00603. The van der Waals surface area contributed by atoms with Gasteiger partial charge in [0.2, 0.25) is 5.91 Å². The molecular formula is C22H35N5O3. The first-order valence-corrected chi connectivity index (χ1v) is 11.0. The first-order valence-electron chi connectivity index (χ1n) is 11.0. The molecule has 1 amide bonds. The summed E-state index contributed by atoms with van der Waals surface area (Å²) in [7, 11) is 0. The molecule has 0 spiro atoms. The Bertz CT molecular complexity index is 671. The summed E-state index contributed by atoms with van der Waals surface area (Å²) in [6.45, 7) is 12.2. The number of rotatable bonds is 7. The van der Waals surface area contributed by atoms with Gasteiger partial charge in [0.15, 0.2) is 5.96 Å². The van der Waals surface area contributed by atoms with E-state index in [1.165, 1.54) is 0 Å². The van der Waals surface area contributed by atoms with E-state index in [1.807, 2.05) is 42.2 Å². The lowest BCUT2D eigenvalue weighted by Crippen LogP contribution is -2.55. The molecule has 0 bridgehead atoms. The minimum absolute atomic E-state index is 0.00603. The second-order valence-corrected chi connectivity index (χ2v) is 7.69. The molecule has 2 saturated heterocycles.